The first-order valence-corrected chi connectivity index (χ1v) is 11.0. The van der Waals surface area contributed by atoms with Crippen LogP contribution < -0.4 is 20.7 Å². The Hall–Kier alpha value is -2.80. The minimum Gasteiger partial charge on any atom is -0.497 e. The number of pyridine rings is 1. The van der Waals surface area contributed by atoms with Gasteiger partial charge in [0.1, 0.15) is 17.6 Å². The van der Waals surface area contributed by atoms with Crippen LogP contribution >= 0.6 is 11.6 Å². The van der Waals surface area contributed by atoms with Crippen molar-refractivity contribution in [2.75, 3.05) is 24.8 Å². The summed E-state index contributed by atoms with van der Waals surface area (Å²) in [4.78, 5) is 30.3. The van der Waals surface area contributed by atoms with Gasteiger partial charge in [0.05, 0.1) is 17.7 Å². The van der Waals surface area contributed by atoms with E-state index >= 15 is 0 Å². The lowest BCUT2D eigenvalue weighted by atomic mass is 9.84. The summed E-state index contributed by atoms with van der Waals surface area (Å²) < 4.78 is 5.26. The largest absolute Gasteiger partial charge is 0.497 e. The third-order valence-corrected chi connectivity index (χ3v) is 5.86. The smallest absolute Gasteiger partial charge is 0.254 e. The normalized spacial score (nSPS) is 15.1. The van der Waals surface area contributed by atoms with Gasteiger partial charge in [-0.15, -0.1) is 0 Å². The number of anilines is 2. The number of hydrogen-bond acceptors (Lipinski definition) is 5. The van der Waals surface area contributed by atoms with Gasteiger partial charge in [0.25, 0.3) is 5.91 Å². The molecule has 1 fully saturated rings. The average molecular weight is 445 g/mol. The lowest BCUT2D eigenvalue weighted by molar-refractivity contribution is -0.118. The van der Waals surface area contributed by atoms with E-state index < -0.39 is 6.04 Å². The van der Waals surface area contributed by atoms with E-state index in [1.54, 1.807) is 44.5 Å². The highest BCUT2D eigenvalue weighted by Gasteiger charge is 2.27. The van der Waals surface area contributed by atoms with Gasteiger partial charge in [-0.2, -0.15) is 0 Å². The van der Waals surface area contributed by atoms with Crippen LogP contribution in [0.1, 0.15) is 48.9 Å². The highest BCUT2D eigenvalue weighted by molar-refractivity contribution is 6.30. The van der Waals surface area contributed by atoms with Gasteiger partial charge >= 0.3 is 0 Å². The number of hydrogen-bond donors (Lipinski definition) is 3. The first-order chi connectivity index (χ1) is 15.0. The van der Waals surface area contributed by atoms with E-state index in [0.717, 1.165) is 25.7 Å². The van der Waals surface area contributed by atoms with Crippen LogP contribution in [-0.4, -0.2) is 37.0 Å². The molecule has 1 aromatic carbocycles. The highest BCUT2D eigenvalue weighted by atomic mass is 35.5. The molecule has 1 unspecified atom stereocenters. The molecule has 3 N–H and O–H groups in total. The third kappa shape index (κ3) is 6.34. The molecule has 7 nitrogen and oxygen atoms in total. The van der Waals surface area contributed by atoms with Crippen LogP contribution in [0, 0.1) is 5.92 Å². The number of nitrogens with one attached hydrogen (secondary N) is 3. The highest BCUT2D eigenvalue weighted by Crippen LogP contribution is 2.28. The summed E-state index contributed by atoms with van der Waals surface area (Å²) in [6.07, 6.45) is 7.74. The van der Waals surface area contributed by atoms with E-state index in [4.69, 9.17) is 16.3 Å². The molecule has 8 heteroatoms. The van der Waals surface area contributed by atoms with E-state index in [1.165, 1.54) is 12.6 Å². The van der Waals surface area contributed by atoms with Gasteiger partial charge in [-0.05, 0) is 42.7 Å². The second-order valence-corrected chi connectivity index (χ2v) is 8.21. The zero-order valence-electron chi connectivity index (χ0n) is 17.9. The van der Waals surface area contributed by atoms with Gasteiger partial charge in [-0.3, -0.25) is 9.59 Å². The monoisotopic (exact) mass is 444 g/mol. The maximum atomic E-state index is 13.1. The summed E-state index contributed by atoms with van der Waals surface area (Å²) in [5.74, 6) is 0.750. The van der Waals surface area contributed by atoms with Crippen LogP contribution in [0.5, 0.6) is 5.75 Å². The summed E-state index contributed by atoms with van der Waals surface area (Å²) in [6, 6.07) is 7.85. The van der Waals surface area contributed by atoms with Crippen molar-refractivity contribution in [1.29, 1.82) is 0 Å². The summed E-state index contributed by atoms with van der Waals surface area (Å²) in [6.45, 7) is 0. The molecular formula is C23H29ClN4O3. The van der Waals surface area contributed by atoms with Crippen molar-refractivity contribution in [1.82, 2.24) is 10.3 Å². The number of benzene rings is 1. The fraction of sp³-hybridized carbons (Fsp3) is 0.435. The maximum absolute atomic E-state index is 13.1. The van der Waals surface area contributed by atoms with E-state index in [1.807, 2.05) is 0 Å². The van der Waals surface area contributed by atoms with Crippen molar-refractivity contribution in [3.8, 4) is 5.75 Å². The number of halogens is 1. The summed E-state index contributed by atoms with van der Waals surface area (Å²) >= 11 is 5.88. The molecule has 2 aromatic rings. The molecule has 1 heterocycles. The van der Waals surface area contributed by atoms with Crippen LogP contribution in [0.2, 0.25) is 5.02 Å². The Labute approximate surface area is 187 Å². The van der Waals surface area contributed by atoms with Gasteiger partial charge in [0, 0.05) is 18.9 Å². The first kappa shape index (κ1) is 22.9. The SMILES string of the molecule is CNc1ccc(OC)cc1C(=O)NC(CC1CCCCC1)C(=O)Nc1ccc(Cl)cn1. The zero-order chi connectivity index (χ0) is 22.2. The van der Waals surface area contributed by atoms with Crippen molar-refractivity contribution in [3.63, 3.8) is 0 Å². The van der Waals surface area contributed by atoms with Crippen molar-refractivity contribution < 1.29 is 14.3 Å². The third-order valence-electron chi connectivity index (χ3n) is 5.63. The van der Waals surface area contributed by atoms with Gasteiger partial charge in [-0.1, -0.05) is 43.7 Å². The molecule has 0 saturated heterocycles. The summed E-state index contributed by atoms with van der Waals surface area (Å²) in [5, 5.41) is 9.25. The number of carbonyl (C=O) groups is 2. The fourth-order valence-corrected chi connectivity index (χ4v) is 4.05. The van der Waals surface area contributed by atoms with Crippen LogP contribution in [0.25, 0.3) is 0 Å². The van der Waals surface area contributed by atoms with E-state index in [0.29, 0.717) is 40.2 Å². The minimum atomic E-state index is -0.677. The lowest BCUT2D eigenvalue weighted by Gasteiger charge is -2.27. The number of carbonyl (C=O) groups excluding carboxylic acids is 2. The van der Waals surface area contributed by atoms with Gasteiger partial charge in [0.2, 0.25) is 5.91 Å². The predicted molar refractivity (Wildman–Crippen MR) is 123 cm³/mol. The number of aromatic nitrogens is 1. The molecule has 3 rings (SSSR count). The molecule has 0 bridgehead atoms. The summed E-state index contributed by atoms with van der Waals surface area (Å²) in [5.41, 5.74) is 1.09. The van der Waals surface area contributed by atoms with Crippen LogP contribution in [0.15, 0.2) is 36.5 Å². The number of ether oxygens (including phenoxy) is 1. The second-order valence-electron chi connectivity index (χ2n) is 7.78. The standard InChI is InChI=1S/C23H29ClN4O3/c1-25-19-10-9-17(31-2)13-18(19)22(29)27-20(12-15-6-4-3-5-7-15)23(30)28-21-11-8-16(24)14-26-21/h8-11,13-15,20,25H,3-7,12H2,1-2H3,(H,27,29)(H,26,28,30). The molecule has 0 spiro atoms. The molecule has 1 aliphatic carbocycles. The molecule has 0 radical (unpaired) electrons. The zero-order valence-corrected chi connectivity index (χ0v) is 18.7. The molecular weight excluding hydrogens is 416 g/mol. The van der Waals surface area contributed by atoms with E-state index in [9.17, 15) is 9.59 Å². The van der Waals surface area contributed by atoms with Gasteiger partial charge in [0.15, 0.2) is 0 Å². The quantitative estimate of drug-likeness (QED) is 0.557. The Morgan fingerprint density at radius 3 is 2.61 bits per heavy atom. The van der Waals surface area contributed by atoms with Crippen molar-refractivity contribution in [2.45, 2.75) is 44.6 Å². The molecule has 166 valence electrons. The fourth-order valence-electron chi connectivity index (χ4n) is 3.94. The molecule has 1 aliphatic rings. The first-order valence-electron chi connectivity index (χ1n) is 10.6. The van der Waals surface area contributed by atoms with Crippen LogP contribution in [0.4, 0.5) is 11.5 Å². The Morgan fingerprint density at radius 2 is 1.97 bits per heavy atom. The van der Waals surface area contributed by atoms with Gasteiger partial charge < -0.3 is 20.7 Å². The molecule has 1 saturated carbocycles. The average Bonchev–Trinajstić information content (AvgIpc) is 2.80. The molecule has 0 aliphatic heterocycles. The second kappa shape index (κ2) is 11.0. The summed E-state index contributed by atoms with van der Waals surface area (Å²) in [7, 11) is 3.30. The minimum absolute atomic E-state index is 0.289. The van der Waals surface area contributed by atoms with E-state index in [-0.39, 0.29) is 11.8 Å². The van der Waals surface area contributed by atoms with E-state index in [2.05, 4.69) is 20.9 Å². The molecule has 1 atom stereocenters. The Kier molecular flexibility index (Phi) is 8.12. The maximum Gasteiger partial charge on any atom is 0.254 e. The number of nitrogens with zero attached hydrogens (tertiary/aromatic N) is 1. The predicted octanol–water partition coefficient (Wildman–Crippen LogP) is 4.49. The Balaban J connectivity index is 1.79. The molecule has 31 heavy (non-hydrogen) atoms. The number of methoxy groups -OCH3 is 1. The van der Waals surface area contributed by atoms with Crippen molar-refractivity contribution >= 4 is 34.9 Å². The Morgan fingerprint density at radius 1 is 1.19 bits per heavy atom. The van der Waals surface area contributed by atoms with Crippen molar-refractivity contribution in [3.05, 3.63) is 47.1 Å². The molecule has 1 aromatic heterocycles. The van der Waals surface area contributed by atoms with Crippen molar-refractivity contribution in [2.24, 2.45) is 5.92 Å². The lowest BCUT2D eigenvalue weighted by Crippen LogP contribution is -2.45. The number of amides is 2. The van der Waals surface area contributed by atoms with Crippen LogP contribution in [0.3, 0.4) is 0 Å². The van der Waals surface area contributed by atoms with Gasteiger partial charge in [-0.25, -0.2) is 4.98 Å². The van der Waals surface area contributed by atoms with Crippen LogP contribution in [-0.2, 0) is 4.79 Å². The molecule has 2 amide bonds. The topological polar surface area (TPSA) is 92.4 Å². The number of rotatable bonds is 8. The Bertz CT molecular complexity index is 898.